The summed E-state index contributed by atoms with van der Waals surface area (Å²) in [6.45, 7) is 3.82. The Morgan fingerprint density at radius 3 is 2.69 bits per heavy atom. The molecule has 0 radical (unpaired) electrons. The molecule has 2 aliphatic heterocycles. The van der Waals surface area contributed by atoms with Crippen molar-refractivity contribution in [1.29, 1.82) is 0 Å². The molecule has 8 heteroatoms. The molecule has 1 amide bonds. The highest BCUT2D eigenvalue weighted by Gasteiger charge is 2.31. The number of para-hydroxylation sites is 2. The van der Waals surface area contributed by atoms with Crippen molar-refractivity contribution in [3.05, 3.63) is 83.7 Å². The van der Waals surface area contributed by atoms with Crippen molar-refractivity contribution in [3.63, 3.8) is 0 Å². The fourth-order valence-electron chi connectivity index (χ4n) is 5.51. The summed E-state index contributed by atoms with van der Waals surface area (Å²) >= 11 is 0. The molecule has 0 spiro atoms. The van der Waals surface area contributed by atoms with Gasteiger partial charge in [0.25, 0.3) is 5.91 Å². The second-order valence-electron chi connectivity index (χ2n) is 10.1. The quantitative estimate of drug-likeness (QED) is 0.282. The number of H-pyrrole nitrogens is 1. The molecule has 39 heavy (non-hydrogen) atoms. The average Bonchev–Trinajstić information content (AvgIpc) is 3.53. The van der Waals surface area contributed by atoms with Crippen LogP contribution in [0.15, 0.2) is 66.7 Å². The number of piperidine rings is 1. The molecular weight excluding hydrogens is 490 g/mol. The Labute approximate surface area is 228 Å². The summed E-state index contributed by atoms with van der Waals surface area (Å²) in [5, 5.41) is 6.79. The summed E-state index contributed by atoms with van der Waals surface area (Å²) in [5.74, 6) is 1.21. The number of ether oxygens (including phenoxy) is 2. The Hall–Kier alpha value is -4.14. The number of nitrogens with one attached hydrogen (secondary N) is 3. The van der Waals surface area contributed by atoms with Crippen LogP contribution in [0.5, 0.6) is 5.75 Å². The van der Waals surface area contributed by atoms with Crippen molar-refractivity contribution in [2.45, 2.75) is 18.9 Å². The molecule has 3 N–H and O–H groups in total. The first-order chi connectivity index (χ1) is 19.1. The zero-order chi connectivity index (χ0) is 26.8. The summed E-state index contributed by atoms with van der Waals surface area (Å²) in [7, 11) is 3.39. The highest BCUT2D eigenvalue weighted by molar-refractivity contribution is 6.38. The average molecular weight is 524 g/mol. The first-order valence-electron chi connectivity index (χ1n) is 13.4. The van der Waals surface area contributed by atoms with Gasteiger partial charge >= 0.3 is 0 Å². The van der Waals surface area contributed by atoms with Gasteiger partial charge in [-0.15, -0.1) is 0 Å². The van der Waals surface area contributed by atoms with E-state index < -0.39 is 0 Å². The maximum absolute atomic E-state index is 13.5. The van der Waals surface area contributed by atoms with Crippen LogP contribution in [-0.4, -0.2) is 67.3 Å². The van der Waals surface area contributed by atoms with E-state index in [0.717, 1.165) is 78.2 Å². The highest BCUT2D eigenvalue weighted by atomic mass is 16.5. The molecule has 3 aromatic carbocycles. The van der Waals surface area contributed by atoms with E-state index in [4.69, 9.17) is 14.5 Å². The van der Waals surface area contributed by atoms with Gasteiger partial charge in [0.1, 0.15) is 11.6 Å². The minimum atomic E-state index is -0.146. The number of hydrogen-bond donors (Lipinski definition) is 3. The molecule has 1 aromatic heterocycles. The molecule has 2 aliphatic rings. The standard InChI is InChI=1S/C31H33N5O3/c1-38-17-16-36-14-12-21(13-15-36)32-22-10-11-25-24(19-22)29(31(37)35-25)28(20-6-5-7-23(18-20)39-2)30-33-26-8-3-4-9-27(26)34-30/h3-11,18-19,21,32H,12-17H2,1-2H3,(H,33,34)(H,35,37)/b29-28-. The molecular formula is C31H33N5O3. The number of aromatic nitrogens is 2. The monoisotopic (exact) mass is 523 g/mol. The molecule has 200 valence electrons. The van der Waals surface area contributed by atoms with E-state index in [9.17, 15) is 4.79 Å². The summed E-state index contributed by atoms with van der Waals surface area (Å²) in [5.41, 5.74) is 6.62. The van der Waals surface area contributed by atoms with E-state index in [1.165, 1.54) is 0 Å². The third kappa shape index (κ3) is 5.13. The summed E-state index contributed by atoms with van der Waals surface area (Å²) in [6.07, 6.45) is 2.13. The van der Waals surface area contributed by atoms with E-state index in [1.54, 1.807) is 14.2 Å². The number of rotatable bonds is 8. The van der Waals surface area contributed by atoms with Gasteiger partial charge in [-0.25, -0.2) is 4.98 Å². The van der Waals surface area contributed by atoms with Crippen LogP contribution < -0.4 is 15.4 Å². The van der Waals surface area contributed by atoms with E-state index in [2.05, 4.69) is 26.6 Å². The maximum Gasteiger partial charge on any atom is 0.257 e. The molecule has 1 fully saturated rings. The lowest BCUT2D eigenvalue weighted by Crippen LogP contribution is -2.40. The maximum atomic E-state index is 13.5. The Bertz CT molecular complexity index is 1500. The number of carbonyl (C=O) groups excluding carboxylic acids is 1. The van der Waals surface area contributed by atoms with E-state index in [-0.39, 0.29) is 5.91 Å². The van der Waals surface area contributed by atoms with Crippen LogP contribution in [0.1, 0.15) is 29.8 Å². The van der Waals surface area contributed by atoms with Crippen molar-refractivity contribution in [2.75, 3.05) is 51.1 Å². The largest absolute Gasteiger partial charge is 0.497 e. The first-order valence-corrected chi connectivity index (χ1v) is 13.4. The highest BCUT2D eigenvalue weighted by Crippen LogP contribution is 2.41. The predicted octanol–water partition coefficient (Wildman–Crippen LogP) is 5.01. The molecule has 0 saturated carbocycles. The van der Waals surface area contributed by atoms with Gasteiger partial charge < -0.3 is 30.0 Å². The van der Waals surface area contributed by atoms with Gasteiger partial charge in [-0.3, -0.25) is 4.79 Å². The Kier molecular flexibility index (Phi) is 7.04. The lowest BCUT2D eigenvalue weighted by molar-refractivity contribution is -0.110. The fraction of sp³-hybridized carbons (Fsp3) is 0.290. The van der Waals surface area contributed by atoms with Crippen LogP contribution in [0.3, 0.4) is 0 Å². The molecule has 0 aliphatic carbocycles. The molecule has 0 bridgehead atoms. The van der Waals surface area contributed by atoms with Gasteiger partial charge in [-0.2, -0.15) is 0 Å². The number of anilines is 2. The summed E-state index contributed by atoms with van der Waals surface area (Å²) in [4.78, 5) is 24.3. The molecule has 3 heterocycles. The lowest BCUT2D eigenvalue weighted by atomic mass is 9.94. The molecule has 1 saturated heterocycles. The van der Waals surface area contributed by atoms with Crippen LogP contribution in [0.4, 0.5) is 11.4 Å². The third-order valence-corrected chi connectivity index (χ3v) is 7.57. The lowest BCUT2D eigenvalue weighted by Gasteiger charge is -2.32. The smallest absolute Gasteiger partial charge is 0.257 e. The topological polar surface area (TPSA) is 91.5 Å². The number of fused-ring (bicyclic) bond motifs is 2. The second-order valence-corrected chi connectivity index (χ2v) is 10.1. The van der Waals surface area contributed by atoms with Gasteiger partial charge in [0.05, 0.1) is 30.3 Å². The van der Waals surface area contributed by atoms with E-state index in [0.29, 0.717) is 23.2 Å². The van der Waals surface area contributed by atoms with Crippen molar-refractivity contribution < 1.29 is 14.3 Å². The van der Waals surface area contributed by atoms with Crippen LogP contribution in [0, 0.1) is 0 Å². The number of carbonyl (C=O) groups is 1. The number of imidazole rings is 1. The number of hydrogen-bond acceptors (Lipinski definition) is 6. The van der Waals surface area contributed by atoms with Crippen LogP contribution in [-0.2, 0) is 9.53 Å². The van der Waals surface area contributed by atoms with Crippen molar-refractivity contribution in [3.8, 4) is 5.75 Å². The number of likely N-dealkylation sites (tertiary alicyclic amines) is 1. The molecule has 6 rings (SSSR count). The van der Waals surface area contributed by atoms with Gasteiger partial charge in [0, 0.05) is 55.3 Å². The number of nitrogens with zero attached hydrogens (tertiary/aromatic N) is 2. The molecule has 0 unspecified atom stereocenters. The minimum absolute atomic E-state index is 0.146. The van der Waals surface area contributed by atoms with Gasteiger partial charge in [0.15, 0.2) is 0 Å². The van der Waals surface area contributed by atoms with Gasteiger partial charge in [-0.05, 0) is 60.9 Å². The van der Waals surface area contributed by atoms with Gasteiger partial charge in [-0.1, -0.05) is 24.3 Å². The summed E-state index contributed by atoms with van der Waals surface area (Å²) < 4.78 is 10.8. The zero-order valence-electron chi connectivity index (χ0n) is 22.3. The number of amides is 1. The Morgan fingerprint density at radius 1 is 1.05 bits per heavy atom. The zero-order valence-corrected chi connectivity index (χ0v) is 22.3. The minimum Gasteiger partial charge on any atom is -0.497 e. The Balaban J connectivity index is 1.39. The van der Waals surface area contributed by atoms with Crippen molar-refractivity contribution in [2.24, 2.45) is 0 Å². The number of aromatic amines is 1. The number of benzene rings is 3. The van der Waals surface area contributed by atoms with Crippen LogP contribution in [0.2, 0.25) is 0 Å². The normalized spacial score (nSPS) is 17.2. The van der Waals surface area contributed by atoms with Crippen LogP contribution >= 0.6 is 0 Å². The van der Waals surface area contributed by atoms with Crippen LogP contribution in [0.25, 0.3) is 22.2 Å². The fourth-order valence-corrected chi connectivity index (χ4v) is 5.51. The van der Waals surface area contributed by atoms with Crippen molar-refractivity contribution >= 4 is 39.5 Å². The molecule has 8 nitrogen and oxygen atoms in total. The van der Waals surface area contributed by atoms with E-state index in [1.807, 2.05) is 60.7 Å². The molecule has 0 atom stereocenters. The SMILES string of the molecule is COCCN1CCC(Nc2ccc3c(c2)/C(=C(\c2cccc(OC)c2)c2nc4ccccc4[nH]2)C(=O)N3)CC1. The predicted molar refractivity (Wildman–Crippen MR) is 155 cm³/mol. The first kappa shape index (κ1) is 25.2. The van der Waals surface area contributed by atoms with E-state index >= 15 is 0 Å². The Morgan fingerprint density at radius 2 is 1.90 bits per heavy atom. The van der Waals surface area contributed by atoms with Crippen molar-refractivity contribution in [1.82, 2.24) is 14.9 Å². The second kappa shape index (κ2) is 10.9. The van der Waals surface area contributed by atoms with Gasteiger partial charge in [0.2, 0.25) is 0 Å². The number of methoxy groups -OCH3 is 2. The summed E-state index contributed by atoms with van der Waals surface area (Å²) in [6, 6.07) is 22.2. The third-order valence-electron chi connectivity index (χ3n) is 7.57. The molecule has 4 aromatic rings.